The van der Waals surface area contributed by atoms with E-state index in [4.69, 9.17) is 10.5 Å². The minimum Gasteiger partial charge on any atom is -0.372 e. The highest BCUT2D eigenvalue weighted by atomic mass is 16.5. The van der Waals surface area contributed by atoms with E-state index in [-0.39, 0.29) is 12.1 Å². The van der Waals surface area contributed by atoms with Crippen LogP contribution in [0, 0.1) is 0 Å². The van der Waals surface area contributed by atoms with Gasteiger partial charge in [0.1, 0.15) is 0 Å². The van der Waals surface area contributed by atoms with Crippen molar-refractivity contribution in [3.8, 4) is 0 Å². The van der Waals surface area contributed by atoms with Crippen molar-refractivity contribution in [2.24, 2.45) is 5.73 Å². The van der Waals surface area contributed by atoms with E-state index >= 15 is 0 Å². The van der Waals surface area contributed by atoms with Crippen molar-refractivity contribution >= 4 is 0 Å². The molecule has 2 atom stereocenters. The molecular formula is C12H19NO. The van der Waals surface area contributed by atoms with Crippen LogP contribution in [0.4, 0.5) is 0 Å². The van der Waals surface area contributed by atoms with Crippen LogP contribution in [0.3, 0.4) is 0 Å². The number of ether oxygens (including phenoxy) is 1. The summed E-state index contributed by atoms with van der Waals surface area (Å²) in [6.45, 7) is 4.74. The molecule has 0 radical (unpaired) electrons. The fourth-order valence-corrected chi connectivity index (χ4v) is 1.42. The van der Waals surface area contributed by atoms with E-state index < -0.39 is 0 Å². The van der Waals surface area contributed by atoms with Crippen molar-refractivity contribution in [2.45, 2.75) is 39.0 Å². The SMILES string of the molecule is CC[C@@H](OCc1ccccc1)[C@@H](C)N. The lowest BCUT2D eigenvalue weighted by atomic mass is 10.1. The average molecular weight is 193 g/mol. The van der Waals surface area contributed by atoms with Gasteiger partial charge in [0.15, 0.2) is 0 Å². The monoisotopic (exact) mass is 193 g/mol. The molecule has 2 heteroatoms. The second-order valence-electron chi connectivity index (χ2n) is 3.60. The first-order valence-electron chi connectivity index (χ1n) is 5.15. The fourth-order valence-electron chi connectivity index (χ4n) is 1.42. The number of rotatable bonds is 5. The van der Waals surface area contributed by atoms with Gasteiger partial charge in [-0.3, -0.25) is 0 Å². The van der Waals surface area contributed by atoms with Crippen molar-refractivity contribution < 1.29 is 4.74 Å². The minimum atomic E-state index is 0.101. The molecule has 14 heavy (non-hydrogen) atoms. The molecule has 0 aliphatic rings. The van der Waals surface area contributed by atoms with Gasteiger partial charge in [-0.2, -0.15) is 0 Å². The van der Waals surface area contributed by atoms with Crippen LogP contribution >= 0.6 is 0 Å². The van der Waals surface area contributed by atoms with Gasteiger partial charge in [0.05, 0.1) is 12.7 Å². The van der Waals surface area contributed by atoms with E-state index in [1.807, 2.05) is 25.1 Å². The van der Waals surface area contributed by atoms with Crippen molar-refractivity contribution in [2.75, 3.05) is 0 Å². The van der Waals surface area contributed by atoms with Crippen molar-refractivity contribution in [1.82, 2.24) is 0 Å². The quantitative estimate of drug-likeness (QED) is 0.779. The van der Waals surface area contributed by atoms with E-state index in [0.29, 0.717) is 6.61 Å². The van der Waals surface area contributed by atoms with Crippen LogP contribution in [-0.2, 0) is 11.3 Å². The number of hydrogen-bond acceptors (Lipinski definition) is 2. The first-order chi connectivity index (χ1) is 6.74. The maximum absolute atomic E-state index is 5.79. The summed E-state index contributed by atoms with van der Waals surface area (Å²) in [4.78, 5) is 0. The lowest BCUT2D eigenvalue weighted by Gasteiger charge is -2.19. The maximum Gasteiger partial charge on any atom is 0.0725 e. The molecule has 2 N–H and O–H groups in total. The Morgan fingerprint density at radius 2 is 1.93 bits per heavy atom. The van der Waals surface area contributed by atoms with Crippen LogP contribution in [0.25, 0.3) is 0 Å². The number of nitrogens with two attached hydrogens (primary N) is 1. The van der Waals surface area contributed by atoms with Crippen molar-refractivity contribution in [1.29, 1.82) is 0 Å². The summed E-state index contributed by atoms with van der Waals surface area (Å²) < 4.78 is 5.71. The van der Waals surface area contributed by atoms with Crippen LogP contribution in [0.15, 0.2) is 30.3 Å². The van der Waals surface area contributed by atoms with E-state index in [1.165, 1.54) is 5.56 Å². The zero-order valence-electron chi connectivity index (χ0n) is 8.94. The molecule has 0 aliphatic heterocycles. The molecule has 0 heterocycles. The molecule has 2 nitrogen and oxygen atoms in total. The molecule has 0 unspecified atom stereocenters. The smallest absolute Gasteiger partial charge is 0.0725 e. The van der Waals surface area contributed by atoms with Gasteiger partial charge >= 0.3 is 0 Å². The van der Waals surface area contributed by atoms with Gasteiger partial charge in [0, 0.05) is 6.04 Å². The van der Waals surface area contributed by atoms with E-state index in [2.05, 4.69) is 19.1 Å². The average Bonchev–Trinajstić information content (AvgIpc) is 2.20. The Kier molecular flexibility index (Phi) is 4.63. The third kappa shape index (κ3) is 3.48. The predicted octanol–water partition coefficient (Wildman–Crippen LogP) is 2.33. The predicted molar refractivity (Wildman–Crippen MR) is 59.0 cm³/mol. The molecule has 0 fully saturated rings. The third-order valence-corrected chi connectivity index (χ3v) is 2.30. The van der Waals surface area contributed by atoms with E-state index in [1.54, 1.807) is 0 Å². The molecule has 0 aliphatic carbocycles. The summed E-state index contributed by atoms with van der Waals surface area (Å²) in [7, 11) is 0. The Hall–Kier alpha value is -0.860. The van der Waals surface area contributed by atoms with E-state index in [0.717, 1.165) is 6.42 Å². The molecule has 1 aromatic carbocycles. The Bertz CT molecular complexity index is 246. The fraction of sp³-hybridized carbons (Fsp3) is 0.500. The highest BCUT2D eigenvalue weighted by Gasteiger charge is 2.11. The molecule has 78 valence electrons. The highest BCUT2D eigenvalue weighted by molar-refractivity contribution is 5.13. The van der Waals surface area contributed by atoms with Crippen LogP contribution in [0.2, 0.25) is 0 Å². The summed E-state index contributed by atoms with van der Waals surface area (Å²) in [5.74, 6) is 0. The minimum absolute atomic E-state index is 0.101. The lowest BCUT2D eigenvalue weighted by Crippen LogP contribution is -2.33. The first-order valence-corrected chi connectivity index (χ1v) is 5.15. The van der Waals surface area contributed by atoms with Gasteiger partial charge in [-0.15, -0.1) is 0 Å². The first kappa shape index (κ1) is 11.2. The summed E-state index contributed by atoms with van der Waals surface area (Å²) >= 11 is 0. The molecule has 0 saturated carbocycles. The Labute approximate surface area is 86.1 Å². The standard InChI is InChI=1S/C12H19NO/c1-3-12(10(2)13)14-9-11-7-5-4-6-8-11/h4-8,10,12H,3,9,13H2,1-2H3/t10-,12-/m1/s1. The van der Waals surface area contributed by atoms with Crippen LogP contribution in [-0.4, -0.2) is 12.1 Å². The summed E-state index contributed by atoms with van der Waals surface area (Å²) in [6, 6.07) is 10.3. The zero-order chi connectivity index (χ0) is 10.4. The summed E-state index contributed by atoms with van der Waals surface area (Å²) in [5.41, 5.74) is 6.99. The van der Waals surface area contributed by atoms with Gasteiger partial charge in [-0.25, -0.2) is 0 Å². The van der Waals surface area contributed by atoms with Crippen LogP contribution in [0.1, 0.15) is 25.8 Å². The van der Waals surface area contributed by atoms with E-state index in [9.17, 15) is 0 Å². The van der Waals surface area contributed by atoms with Crippen LogP contribution < -0.4 is 5.73 Å². The molecular weight excluding hydrogens is 174 g/mol. The zero-order valence-corrected chi connectivity index (χ0v) is 8.94. The second-order valence-corrected chi connectivity index (χ2v) is 3.60. The van der Waals surface area contributed by atoms with Crippen molar-refractivity contribution in [3.05, 3.63) is 35.9 Å². The van der Waals surface area contributed by atoms with Crippen molar-refractivity contribution in [3.63, 3.8) is 0 Å². The molecule has 0 saturated heterocycles. The Morgan fingerprint density at radius 3 is 2.43 bits per heavy atom. The Balaban J connectivity index is 2.40. The number of benzene rings is 1. The highest BCUT2D eigenvalue weighted by Crippen LogP contribution is 2.07. The van der Waals surface area contributed by atoms with Gasteiger partial charge < -0.3 is 10.5 Å². The molecule has 0 amide bonds. The van der Waals surface area contributed by atoms with Gasteiger partial charge in [-0.05, 0) is 18.9 Å². The summed E-state index contributed by atoms with van der Waals surface area (Å²) in [6.07, 6.45) is 1.13. The number of hydrogen-bond donors (Lipinski definition) is 1. The molecule has 1 aromatic rings. The van der Waals surface area contributed by atoms with Gasteiger partial charge in [-0.1, -0.05) is 37.3 Å². The largest absolute Gasteiger partial charge is 0.372 e. The van der Waals surface area contributed by atoms with Gasteiger partial charge in [0.2, 0.25) is 0 Å². The molecule has 0 spiro atoms. The summed E-state index contributed by atoms with van der Waals surface area (Å²) in [5, 5.41) is 0. The normalized spacial score (nSPS) is 15.1. The maximum atomic E-state index is 5.79. The lowest BCUT2D eigenvalue weighted by molar-refractivity contribution is 0.0249. The molecule has 1 rings (SSSR count). The topological polar surface area (TPSA) is 35.2 Å². The Morgan fingerprint density at radius 1 is 1.29 bits per heavy atom. The van der Waals surface area contributed by atoms with Gasteiger partial charge in [0.25, 0.3) is 0 Å². The molecule has 0 bridgehead atoms. The molecule has 0 aromatic heterocycles. The second kappa shape index (κ2) is 5.78. The van der Waals surface area contributed by atoms with Crippen LogP contribution in [0.5, 0.6) is 0 Å². The third-order valence-electron chi connectivity index (χ3n) is 2.30.